The van der Waals surface area contributed by atoms with Crippen LogP contribution in [-0.4, -0.2) is 35.7 Å². The van der Waals surface area contributed by atoms with E-state index in [4.69, 9.17) is 9.47 Å². The Hall–Kier alpha value is -2.94. The van der Waals surface area contributed by atoms with Crippen molar-refractivity contribution in [2.24, 2.45) is 5.41 Å². The van der Waals surface area contributed by atoms with Crippen LogP contribution in [0, 0.1) is 17.3 Å². The van der Waals surface area contributed by atoms with Gasteiger partial charge in [0.2, 0.25) is 11.4 Å². The Morgan fingerprint density at radius 1 is 1.14 bits per heavy atom. The van der Waals surface area contributed by atoms with Crippen molar-refractivity contribution in [2.45, 2.75) is 25.6 Å². The van der Waals surface area contributed by atoms with Gasteiger partial charge in [0.1, 0.15) is 6.61 Å². The van der Waals surface area contributed by atoms with Crippen molar-refractivity contribution in [3.05, 3.63) is 71.8 Å². The molecule has 1 aliphatic rings. The molecule has 3 rings (SSSR count). The van der Waals surface area contributed by atoms with Crippen molar-refractivity contribution < 1.29 is 24.2 Å². The van der Waals surface area contributed by atoms with Crippen LogP contribution in [-0.2, 0) is 20.9 Å². The van der Waals surface area contributed by atoms with Crippen molar-refractivity contribution in [1.82, 2.24) is 0 Å². The molecule has 5 nitrogen and oxygen atoms in total. The van der Waals surface area contributed by atoms with Gasteiger partial charge in [-0.15, -0.1) is 0 Å². The summed E-state index contributed by atoms with van der Waals surface area (Å²) in [5.74, 6) is 3.59. The summed E-state index contributed by atoms with van der Waals surface area (Å²) >= 11 is 0. The molecule has 0 saturated carbocycles. The molecule has 0 unspecified atom stereocenters. The van der Waals surface area contributed by atoms with E-state index in [-0.39, 0.29) is 6.61 Å². The Morgan fingerprint density at radius 2 is 1.79 bits per heavy atom. The molecule has 2 atom stereocenters. The maximum absolute atomic E-state index is 12.2. The number of hydrogen-bond acceptors (Lipinski definition) is 5. The van der Waals surface area contributed by atoms with Crippen LogP contribution in [0.4, 0.5) is 0 Å². The summed E-state index contributed by atoms with van der Waals surface area (Å²) in [5.41, 5.74) is -1.58. The topological polar surface area (TPSA) is 72.8 Å². The summed E-state index contributed by atoms with van der Waals surface area (Å²) in [6, 6.07) is 18.2. The molecule has 2 aromatic rings. The average molecular weight is 378 g/mol. The number of carbonyl (C=O) groups excluding carboxylic acids is 2. The smallest absolute Gasteiger partial charge is 0.351 e. The Labute approximate surface area is 164 Å². The number of rotatable bonds is 6. The minimum atomic E-state index is -2.05. The summed E-state index contributed by atoms with van der Waals surface area (Å²) in [4.78, 5) is 24.4. The van der Waals surface area contributed by atoms with E-state index in [0.717, 1.165) is 5.56 Å². The fourth-order valence-electron chi connectivity index (χ4n) is 3.01. The van der Waals surface area contributed by atoms with Gasteiger partial charge < -0.3 is 14.6 Å². The molecule has 1 saturated heterocycles. The van der Waals surface area contributed by atoms with Gasteiger partial charge in [0.05, 0.1) is 12.0 Å². The second-order valence-electron chi connectivity index (χ2n) is 7.08. The first-order valence-corrected chi connectivity index (χ1v) is 9.08. The number of ketones is 1. The molecule has 0 amide bonds. The van der Waals surface area contributed by atoms with Crippen molar-refractivity contribution in [3.63, 3.8) is 0 Å². The average Bonchev–Trinajstić information content (AvgIpc) is 2.95. The number of esters is 1. The third-order valence-corrected chi connectivity index (χ3v) is 4.99. The fraction of sp³-hybridized carbons (Fsp3) is 0.304. The van der Waals surface area contributed by atoms with Crippen LogP contribution >= 0.6 is 0 Å². The van der Waals surface area contributed by atoms with E-state index in [9.17, 15) is 14.7 Å². The predicted octanol–water partition coefficient (Wildman–Crippen LogP) is 2.77. The van der Waals surface area contributed by atoms with Gasteiger partial charge in [0, 0.05) is 12.2 Å². The van der Waals surface area contributed by atoms with E-state index in [0.29, 0.717) is 25.2 Å². The largest absolute Gasteiger partial charge is 0.462 e. The maximum Gasteiger partial charge on any atom is 0.351 e. The highest BCUT2D eigenvalue weighted by atomic mass is 16.6. The van der Waals surface area contributed by atoms with Crippen molar-refractivity contribution in [3.8, 4) is 11.8 Å². The molecule has 0 spiro atoms. The van der Waals surface area contributed by atoms with Gasteiger partial charge in [-0.25, -0.2) is 4.79 Å². The number of carbonyl (C=O) groups is 2. The maximum atomic E-state index is 12.2. The third kappa shape index (κ3) is 4.14. The van der Waals surface area contributed by atoms with Crippen LogP contribution in [0.2, 0.25) is 0 Å². The third-order valence-electron chi connectivity index (χ3n) is 4.99. The lowest BCUT2D eigenvalue weighted by Gasteiger charge is -2.30. The van der Waals surface area contributed by atoms with Crippen LogP contribution in [0.5, 0.6) is 0 Å². The molecular weight excluding hydrogens is 356 g/mol. The van der Waals surface area contributed by atoms with E-state index in [1.165, 1.54) is 0 Å². The van der Waals surface area contributed by atoms with E-state index in [1.54, 1.807) is 37.3 Å². The summed E-state index contributed by atoms with van der Waals surface area (Å²) < 4.78 is 10.8. The highest BCUT2D eigenvalue weighted by Crippen LogP contribution is 2.41. The molecule has 28 heavy (non-hydrogen) atoms. The molecule has 1 heterocycles. The van der Waals surface area contributed by atoms with Crippen molar-refractivity contribution >= 4 is 11.8 Å². The van der Waals surface area contributed by atoms with Gasteiger partial charge in [-0.05, 0) is 23.8 Å². The van der Waals surface area contributed by atoms with E-state index in [2.05, 4.69) is 11.8 Å². The Kier molecular flexibility index (Phi) is 5.93. The SMILES string of the molecule is C[C@]1(CCOCc2ccccc2)COC(=O)[C@@]1(O)C#CC(=O)c1ccccc1. The Bertz CT molecular complexity index is 897. The quantitative estimate of drug-likeness (QED) is 0.275. The summed E-state index contributed by atoms with van der Waals surface area (Å²) in [6.45, 7) is 2.48. The number of Topliss-reactive ketones (excluding diaryl/α,β-unsaturated/α-hetero) is 1. The van der Waals surface area contributed by atoms with Gasteiger partial charge in [-0.1, -0.05) is 67.6 Å². The standard InChI is InChI=1S/C23H22O5/c1-22(14-15-27-16-18-8-4-2-5-9-18)17-28-21(25)23(22,26)13-12-20(24)19-10-6-3-7-11-19/h2-11,26H,14-17H2,1H3/t22-,23-/m0/s1. The lowest BCUT2D eigenvalue weighted by atomic mass is 9.73. The number of aliphatic hydroxyl groups is 1. The monoisotopic (exact) mass is 378 g/mol. The van der Waals surface area contributed by atoms with Gasteiger partial charge in [0.15, 0.2) is 0 Å². The Balaban J connectivity index is 1.67. The number of cyclic esters (lactones) is 1. The van der Waals surface area contributed by atoms with Crippen LogP contribution in [0.3, 0.4) is 0 Å². The molecule has 0 bridgehead atoms. The van der Waals surface area contributed by atoms with Gasteiger partial charge in [-0.2, -0.15) is 0 Å². The molecule has 0 radical (unpaired) electrons. The number of benzene rings is 2. The molecule has 144 valence electrons. The van der Waals surface area contributed by atoms with Gasteiger partial charge >= 0.3 is 5.97 Å². The molecule has 0 aromatic heterocycles. The first-order valence-electron chi connectivity index (χ1n) is 9.08. The normalized spacial score (nSPS) is 23.6. The zero-order chi connectivity index (χ0) is 20.0. The van der Waals surface area contributed by atoms with Crippen LogP contribution in [0.15, 0.2) is 60.7 Å². The predicted molar refractivity (Wildman–Crippen MR) is 103 cm³/mol. The number of hydrogen-bond donors (Lipinski definition) is 1. The summed E-state index contributed by atoms with van der Waals surface area (Å²) in [5, 5.41) is 10.9. The highest BCUT2D eigenvalue weighted by Gasteiger charge is 2.58. The minimum Gasteiger partial charge on any atom is -0.462 e. The van der Waals surface area contributed by atoms with E-state index < -0.39 is 22.8 Å². The lowest BCUT2D eigenvalue weighted by molar-refractivity contribution is -0.150. The van der Waals surface area contributed by atoms with E-state index in [1.807, 2.05) is 30.3 Å². The molecular formula is C23H22O5. The fourth-order valence-corrected chi connectivity index (χ4v) is 3.01. The molecule has 5 heteroatoms. The van der Waals surface area contributed by atoms with Crippen LogP contribution < -0.4 is 0 Å². The first kappa shape index (κ1) is 19.8. The molecule has 1 aliphatic heterocycles. The second-order valence-corrected chi connectivity index (χ2v) is 7.08. The van der Waals surface area contributed by atoms with Crippen molar-refractivity contribution in [1.29, 1.82) is 0 Å². The molecule has 2 aromatic carbocycles. The summed E-state index contributed by atoms with van der Waals surface area (Å²) in [7, 11) is 0. The van der Waals surface area contributed by atoms with Gasteiger partial charge in [-0.3, -0.25) is 4.79 Å². The zero-order valence-corrected chi connectivity index (χ0v) is 15.7. The van der Waals surface area contributed by atoms with Crippen LogP contribution in [0.25, 0.3) is 0 Å². The number of ether oxygens (including phenoxy) is 2. The Morgan fingerprint density at radius 3 is 2.46 bits per heavy atom. The summed E-state index contributed by atoms with van der Waals surface area (Å²) in [6.07, 6.45) is 0.357. The zero-order valence-electron chi connectivity index (χ0n) is 15.7. The van der Waals surface area contributed by atoms with Crippen LogP contribution in [0.1, 0.15) is 29.3 Å². The highest BCUT2D eigenvalue weighted by molar-refractivity contribution is 6.09. The van der Waals surface area contributed by atoms with E-state index >= 15 is 0 Å². The van der Waals surface area contributed by atoms with Gasteiger partial charge in [0.25, 0.3) is 0 Å². The molecule has 1 N–H and O–H groups in total. The van der Waals surface area contributed by atoms with Crippen molar-refractivity contribution in [2.75, 3.05) is 13.2 Å². The lowest BCUT2D eigenvalue weighted by Crippen LogP contribution is -2.47. The molecule has 0 aliphatic carbocycles. The first-order chi connectivity index (χ1) is 13.4. The second kappa shape index (κ2) is 8.39. The minimum absolute atomic E-state index is 0.0191. The molecule has 1 fully saturated rings.